The number of halogens is 1. The molecule has 0 bridgehead atoms. The lowest BCUT2D eigenvalue weighted by Crippen LogP contribution is -2.47. The number of benzene rings is 2. The standard InChI is InChI=1S/C23H20ClN5/c1-16-14-22(28-12-10-27(11-13-28)18-8-6-17(24)7-9-18)29-21-5-3-2-4-20(21)26-23(29)19(16)15-25/h2-9,14H,10-13H2,1H3. The largest absolute Gasteiger partial charge is 0.368 e. The summed E-state index contributed by atoms with van der Waals surface area (Å²) in [6.07, 6.45) is 0. The van der Waals surface area contributed by atoms with Crippen LogP contribution in [0.4, 0.5) is 11.5 Å². The molecule has 0 saturated carbocycles. The first kappa shape index (κ1) is 17.8. The van der Waals surface area contributed by atoms with E-state index in [0.29, 0.717) is 5.56 Å². The van der Waals surface area contributed by atoms with Crippen LogP contribution in [0.15, 0.2) is 54.6 Å². The van der Waals surface area contributed by atoms with Crippen LogP contribution in [-0.2, 0) is 0 Å². The van der Waals surface area contributed by atoms with E-state index in [0.717, 1.165) is 59.3 Å². The quantitative estimate of drug-likeness (QED) is 0.490. The Hall–Kier alpha value is -3.23. The van der Waals surface area contributed by atoms with Crippen LogP contribution >= 0.6 is 11.6 Å². The molecule has 1 aliphatic rings. The summed E-state index contributed by atoms with van der Waals surface area (Å²) in [6, 6.07) is 20.6. The second-order valence-corrected chi connectivity index (χ2v) is 7.82. The molecule has 5 rings (SSSR count). The molecule has 6 heteroatoms. The molecule has 2 aromatic carbocycles. The predicted molar refractivity (Wildman–Crippen MR) is 118 cm³/mol. The first-order chi connectivity index (χ1) is 14.2. The van der Waals surface area contributed by atoms with Gasteiger partial charge in [0, 0.05) is 36.9 Å². The summed E-state index contributed by atoms with van der Waals surface area (Å²) in [6.45, 7) is 5.64. The van der Waals surface area contributed by atoms with Crippen molar-refractivity contribution in [3.05, 3.63) is 70.7 Å². The van der Waals surface area contributed by atoms with Crippen LogP contribution in [0.1, 0.15) is 11.1 Å². The van der Waals surface area contributed by atoms with Gasteiger partial charge in [-0.1, -0.05) is 23.7 Å². The van der Waals surface area contributed by atoms with Crippen molar-refractivity contribution in [2.75, 3.05) is 36.0 Å². The third kappa shape index (κ3) is 2.97. The maximum atomic E-state index is 9.69. The van der Waals surface area contributed by atoms with Crippen molar-refractivity contribution in [1.29, 1.82) is 5.26 Å². The average molecular weight is 402 g/mol. The highest BCUT2D eigenvalue weighted by Crippen LogP contribution is 2.30. The maximum absolute atomic E-state index is 9.69. The number of piperazine rings is 1. The molecule has 4 aromatic rings. The molecule has 1 aliphatic heterocycles. The van der Waals surface area contributed by atoms with E-state index in [1.54, 1.807) is 0 Å². The van der Waals surface area contributed by atoms with Crippen LogP contribution in [0.2, 0.25) is 5.02 Å². The van der Waals surface area contributed by atoms with Crippen molar-refractivity contribution in [2.45, 2.75) is 6.92 Å². The molecule has 0 spiro atoms. The number of hydrogen-bond donors (Lipinski definition) is 0. The molecule has 5 nitrogen and oxygen atoms in total. The molecule has 1 saturated heterocycles. The summed E-state index contributed by atoms with van der Waals surface area (Å²) in [7, 11) is 0. The van der Waals surface area contributed by atoms with Crippen LogP contribution in [0.25, 0.3) is 16.7 Å². The number of para-hydroxylation sites is 2. The van der Waals surface area contributed by atoms with Crippen LogP contribution in [0.5, 0.6) is 0 Å². The Morgan fingerprint density at radius 1 is 0.966 bits per heavy atom. The van der Waals surface area contributed by atoms with Gasteiger partial charge in [-0.05, 0) is 55.0 Å². The van der Waals surface area contributed by atoms with E-state index in [9.17, 15) is 5.26 Å². The van der Waals surface area contributed by atoms with Crippen molar-refractivity contribution in [3.8, 4) is 6.07 Å². The molecule has 29 heavy (non-hydrogen) atoms. The van der Waals surface area contributed by atoms with Crippen molar-refractivity contribution >= 4 is 39.8 Å². The van der Waals surface area contributed by atoms with Gasteiger partial charge >= 0.3 is 0 Å². The summed E-state index contributed by atoms with van der Waals surface area (Å²) in [4.78, 5) is 9.54. The van der Waals surface area contributed by atoms with E-state index >= 15 is 0 Å². The van der Waals surface area contributed by atoms with E-state index in [1.807, 2.05) is 37.3 Å². The van der Waals surface area contributed by atoms with Crippen LogP contribution < -0.4 is 9.80 Å². The fraction of sp³-hybridized carbons (Fsp3) is 0.217. The Morgan fingerprint density at radius 3 is 2.38 bits per heavy atom. The Kier molecular flexibility index (Phi) is 4.30. The summed E-state index contributed by atoms with van der Waals surface area (Å²) in [5.74, 6) is 1.10. The van der Waals surface area contributed by atoms with Gasteiger partial charge in [0.05, 0.1) is 16.6 Å². The average Bonchev–Trinajstić information content (AvgIpc) is 3.13. The molecule has 0 radical (unpaired) electrons. The molecular formula is C23H20ClN5. The van der Waals surface area contributed by atoms with Crippen molar-refractivity contribution in [2.24, 2.45) is 0 Å². The van der Waals surface area contributed by atoms with Crippen LogP contribution in [-0.4, -0.2) is 35.6 Å². The van der Waals surface area contributed by atoms with Crippen molar-refractivity contribution in [3.63, 3.8) is 0 Å². The van der Waals surface area contributed by atoms with E-state index in [4.69, 9.17) is 16.6 Å². The Morgan fingerprint density at radius 2 is 1.66 bits per heavy atom. The highest BCUT2D eigenvalue weighted by atomic mass is 35.5. The van der Waals surface area contributed by atoms with Gasteiger partial charge in [-0.3, -0.25) is 4.40 Å². The lowest BCUT2D eigenvalue weighted by atomic mass is 10.1. The van der Waals surface area contributed by atoms with Crippen LogP contribution in [0, 0.1) is 18.3 Å². The SMILES string of the molecule is Cc1cc(N2CCN(c3ccc(Cl)cc3)CC2)n2c(nc3ccccc32)c1C#N. The second-order valence-electron chi connectivity index (χ2n) is 7.38. The minimum absolute atomic E-state index is 0.643. The molecule has 0 atom stereocenters. The lowest BCUT2D eigenvalue weighted by molar-refractivity contribution is 0.645. The summed E-state index contributed by atoms with van der Waals surface area (Å²) in [5, 5.41) is 10.4. The molecule has 0 aliphatic carbocycles. The minimum atomic E-state index is 0.643. The van der Waals surface area contributed by atoms with E-state index in [2.05, 4.69) is 44.5 Å². The third-order valence-electron chi connectivity index (χ3n) is 5.66. The lowest BCUT2D eigenvalue weighted by Gasteiger charge is -2.37. The zero-order valence-electron chi connectivity index (χ0n) is 16.1. The van der Waals surface area contributed by atoms with Gasteiger partial charge in [0.1, 0.15) is 11.9 Å². The summed E-state index contributed by atoms with van der Waals surface area (Å²) >= 11 is 6.03. The molecular weight excluding hydrogens is 382 g/mol. The zero-order valence-corrected chi connectivity index (χ0v) is 16.9. The number of imidazole rings is 1. The Labute approximate surface area is 174 Å². The number of aryl methyl sites for hydroxylation is 1. The molecule has 3 heterocycles. The Balaban J connectivity index is 1.54. The number of hydrogen-bond acceptors (Lipinski definition) is 4. The molecule has 144 valence electrons. The number of fused-ring (bicyclic) bond motifs is 3. The first-order valence-corrected chi connectivity index (χ1v) is 10.1. The van der Waals surface area contributed by atoms with Gasteiger partial charge in [0.25, 0.3) is 0 Å². The minimum Gasteiger partial charge on any atom is -0.368 e. The van der Waals surface area contributed by atoms with Crippen molar-refractivity contribution < 1.29 is 0 Å². The van der Waals surface area contributed by atoms with Gasteiger partial charge in [0.2, 0.25) is 0 Å². The molecule has 0 amide bonds. The third-order valence-corrected chi connectivity index (χ3v) is 5.91. The molecule has 0 unspecified atom stereocenters. The van der Waals surface area contributed by atoms with Gasteiger partial charge in [-0.15, -0.1) is 0 Å². The highest BCUT2D eigenvalue weighted by molar-refractivity contribution is 6.30. The number of nitriles is 1. The predicted octanol–water partition coefficient (Wildman–Crippen LogP) is 4.65. The zero-order chi connectivity index (χ0) is 20.0. The number of anilines is 2. The second kappa shape index (κ2) is 6.98. The normalized spacial score (nSPS) is 14.5. The molecule has 2 aromatic heterocycles. The van der Waals surface area contributed by atoms with Gasteiger partial charge in [-0.2, -0.15) is 5.26 Å². The fourth-order valence-corrected chi connectivity index (χ4v) is 4.27. The van der Waals surface area contributed by atoms with Crippen molar-refractivity contribution in [1.82, 2.24) is 9.38 Å². The number of pyridine rings is 1. The van der Waals surface area contributed by atoms with E-state index < -0.39 is 0 Å². The summed E-state index contributed by atoms with van der Waals surface area (Å²) in [5.41, 5.74) is 5.49. The number of nitrogens with zero attached hydrogens (tertiary/aromatic N) is 5. The monoisotopic (exact) mass is 401 g/mol. The molecule has 1 fully saturated rings. The highest BCUT2D eigenvalue weighted by Gasteiger charge is 2.22. The molecule has 0 N–H and O–H groups in total. The first-order valence-electron chi connectivity index (χ1n) is 9.72. The van der Waals surface area contributed by atoms with Gasteiger partial charge in [-0.25, -0.2) is 4.98 Å². The smallest absolute Gasteiger partial charge is 0.157 e. The maximum Gasteiger partial charge on any atom is 0.157 e. The van der Waals surface area contributed by atoms with E-state index in [-0.39, 0.29) is 0 Å². The Bertz CT molecular complexity index is 1240. The van der Waals surface area contributed by atoms with E-state index in [1.165, 1.54) is 5.69 Å². The summed E-state index contributed by atoms with van der Waals surface area (Å²) < 4.78 is 2.14. The number of rotatable bonds is 2. The van der Waals surface area contributed by atoms with Crippen LogP contribution in [0.3, 0.4) is 0 Å². The fourth-order valence-electron chi connectivity index (χ4n) is 4.15. The topological polar surface area (TPSA) is 47.6 Å². The van der Waals surface area contributed by atoms with Gasteiger partial charge < -0.3 is 9.80 Å². The number of aromatic nitrogens is 2. The van der Waals surface area contributed by atoms with Gasteiger partial charge in [0.15, 0.2) is 5.65 Å².